The van der Waals surface area contributed by atoms with E-state index in [1.54, 1.807) is 12.1 Å². The summed E-state index contributed by atoms with van der Waals surface area (Å²) in [6.45, 7) is 1.85. The molecule has 0 saturated carbocycles. The van der Waals surface area contributed by atoms with Gasteiger partial charge in [-0.2, -0.15) is 0 Å². The van der Waals surface area contributed by atoms with Gasteiger partial charge in [0.05, 0.1) is 6.10 Å². The Hall–Kier alpha value is -2.08. The fourth-order valence-corrected chi connectivity index (χ4v) is 2.37. The normalized spacial score (nSPS) is 21.3. The second-order valence-electron chi connectivity index (χ2n) is 5.08. The van der Waals surface area contributed by atoms with Crippen LogP contribution in [0.5, 0.6) is 5.75 Å². The summed E-state index contributed by atoms with van der Waals surface area (Å²) in [5.74, 6) is -0.974. The molecule has 1 heterocycles. The lowest BCUT2D eigenvalue weighted by atomic mass is 10.2. The number of carbonyl (C=O) groups is 2. The lowest BCUT2D eigenvalue weighted by Gasteiger charge is -2.21. The summed E-state index contributed by atoms with van der Waals surface area (Å²) in [5, 5.41) is 18.6. The number of carboxylic acid groups (broad SMARTS) is 1. The third-order valence-corrected chi connectivity index (χ3v) is 3.58. The number of carboxylic acids is 1. The first kappa shape index (κ1) is 15.3. The smallest absolute Gasteiger partial charge is 0.326 e. The molecule has 0 unspecified atom stereocenters. The fraction of sp³-hybridized carbons (Fsp3) is 0.467. The number of aliphatic hydroxyl groups is 1. The molecule has 0 aliphatic carbocycles. The van der Waals surface area contributed by atoms with Crippen molar-refractivity contribution < 1.29 is 24.5 Å². The highest BCUT2D eigenvalue weighted by Gasteiger charge is 2.38. The van der Waals surface area contributed by atoms with Crippen molar-refractivity contribution in [3.8, 4) is 5.75 Å². The van der Waals surface area contributed by atoms with Crippen LogP contribution in [-0.2, 0) is 16.0 Å². The molecule has 1 aromatic carbocycles. The minimum Gasteiger partial charge on any atom is -0.484 e. The summed E-state index contributed by atoms with van der Waals surface area (Å²) < 4.78 is 5.38. The van der Waals surface area contributed by atoms with E-state index in [-0.39, 0.29) is 19.6 Å². The van der Waals surface area contributed by atoms with Crippen molar-refractivity contribution in [1.29, 1.82) is 0 Å². The number of aliphatic hydroxyl groups excluding tert-OH is 1. The largest absolute Gasteiger partial charge is 0.484 e. The van der Waals surface area contributed by atoms with Crippen molar-refractivity contribution in [2.75, 3.05) is 13.2 Å². The van der Waals surface area contributed by atoms with Crippen LogP contribution in [0, 0.1) is 0 Å². The van der Waals surface area contributed by atoms with Crippen LogP contribution in [0.25, 0.3) is 0 Å². The maximum absolute atomic E-state index is 12.0. The summed E-state index contributed by atoms with van der Waals surface area (Å²) >= 11 is 0. The summed E-state index contributed by atoms with van der Waals surface area (Å²) in [7, 11) is 0. The van der Waals surface area contributed by atoms with Gasteiger partial charge in [0.1, 0.15) is 11.8 Å². The van der Waals surface area contributed by atoms with E-state index in [9.17, 15) is 14.7 Å². The molecular weight excluding hydrogens is 274 g/mol. The molecule has 21 heavy (non-hydrogen) atoms. The van der Waals surface area contributed by atoms with E-state index in [1.165, 1.54) is 5.56 Å². The molecule has 0 bridgehead atoms. The van der Waals surface area contributed by atoms with Crippen LogP contribution in [0.2, 0.25) is 0 Å². The highest BCUT2D eigenvalue weighted by Crippen LogP contribution is 2.19. The topological polar surface area (TPSA) is 87.1 Å². The first-order valence-corrected chi connectivity index (χ1v) is 6.93. The van der Waals surface area contributed by atoms with E-state index in [1.807, 2.05) is 19.1 Å². The van der Waals surface area contributed by atoms with E-state index < -0.39 is 24.0 Å². The zero-order valence-electron chi connectivity index (χ0n) is 11.9. The molecule has 1 amide bonds. The number of ether oxygens (including phenoxy) is 1. The number of carbonyl (C=O) groups excluding carboxylic acids is 1. The van der Waals surface area contributed by atoms with Gasteiger partial charge in [0.25, 0.3) is 5.91 Å². The highest BCUT2D eigenvalue weighted by molar-refractivity contribution is 5.85. The van der Waals surface area contributed by atoms with Gasteiger partial charge in [0.15, 0.2) is 6.61 Å². The molecule has 1 aromatic rings. The molecule has 2 atom stereocenters. The van der Waals surface area contributed by atoms with Crippen molar-refractivity contribution in [3.63, 3.8) is 0 Å². The predicted octanol–water partition coefficient (Wildman–Crippen LogP) is 0.674. The predicted molar refractivity (Wildman–Crippen MR) is 75.1 cm³/mol. The van der Waals surface area contributed by atoms with Crippen molar-refractivity contribution in [1.82, 2.24) is 4.90 Å². The molecule has 0 spiro atoms. The standard InChI is InChI=1S/C15H19NO5/c1-2-10-3-5-12(6-4-10)21-9-14(18)16-8-11(17)7-13(16)15(19)20/h3-6,11,13,17H,2,7-9H2,1H3,(H,19,20)/t11-,13-/m0/s1. The maximum atomic E-state index is 12.0. The fourth-order valence-electron chi connectivity index (χ4n) is 2.37. The summed E-state index contributed by atoms with van der Waals surface area (Å²) in [5.41, 5.74) is 1.17. The number of aryl methyl sites for hydroxylation is 1. The van der Waals surface area contributed by atoms with Gasteiger partial charge >= 0.3 is 5.97 Å². The van der Waals surface area contributed by atoms with Gasteiger partial charge < -0.3 is 19.8 Å². The average molecular weight is 293 g/mol. The first-order valence-electron chi connectivity index (χ1n) is 6.93. The first-order chi connectivity index (χ1) is 10.0. The Morgan fingerprint density at radius 2 is 2.00 bits per heavy atom. The van der Waals surface area contributed by atoms with Crippen LogP contribution < -0.4 is 4.74 Å². The van der Waals surface area contributed by atoms with Gasteiger partial charge in [0.2, 0.25) is 0 Å². The lowest BCUT2D eigenvalue weighted by molar-refractivity contribution is -0.148. The van der Waals surface area contributed by atoms with E-state index >= 15 is 0 Å². The minimum absolute atomic E-state index is 0.0356. The Bertz CT molecular complexity index is 513. The number of aliphatic carboxylic acids is 1. The number of nitrogens with zero attached hydrogens (tertiary/aromatic N) is 1. The molecule has 114 valence electrons. The molecular formula is C15H19NO5. The van der Waals surface area contributed by atoms with Gasteiger partial charge in [-0.3, -0.25) is 4.79 Å². The Morgan fingerprint density at radius 3 is 2.57 bits per heavy atom. The van der Waals surface area contributed by atoms with Crippen LogP contribution in [0.1, 0.15) is 18.9 Å². The van der Waals surface area contributed by atoms with E-state index in [2.05, 4.69) is 0 Å². The summed E-state index contributed by atoms with van der Waals surface area (Å²) in [4.78, 5) is 24.2. The molecule has 1 aliphatic heterocycles. The van der Waals surface area contributed by atoms with E-state index in [4.69, 9.17) is 9.84 Å². The van der Waals surface area contributed by atoms with Crippen LogP contribution in [-0.4, -0.2) is 52.3 Å². The number of rotatable bonds is 5. The number of hydrogen-bond donors (Lipinski definition) is 2. The molecule has 6 heteroatoms. The van der Waals surface area contributed by atoms with Crippen LogP contribution in [0.3, 0.4) is 0 Å². The number of hydrogen-bond acceptors (Lipinski definition) is 4. The molecule has 0 aromatic heterocycles. The summed E-state index contributed by atoms with van der Waals surface area (Å²) in [6.07, 6.45) is 0.191. The Kier molecular flexibility index (Phi) is 4.80. The van der Waals surface area contributed by atoms with E-state index in [0.29, 0.717) is 5.75 Å². The molecule has 1 aliphatic rings. The minimum atomic E-state index is -1.10. The molecule has 1 fully saturated rings. The van der Waals surface area contributed by atoms with Gasteiger partial charge in [-0.1, -0.05) is 19.1 Å². The highest BCUT2D eigenvalue weighted by atomic mass is 16.5. The van der Waals surface area contributed by atoms with Gasteiger partial charge in [0, 0.05) is 13.0 Å². The van der Waals surface area contributed by atoms with Crippen molar-refractivity contribution >= 4 is 11.9 Å². The monoisotopic (exact) mass is 293 g/mol. The van der Waals surface area contributed by atoms with Gasteiger partial charge in [-0.05, 0) is 24.1 Å². The second kappa shape index (κ2) is 6.58. The van der Waals surface area contributed by atoms with Gasteiger partial charge in [-0.15, -0.1) is 0 Å². The second-order valence-corrected chi connectivity index (χ2v) is 5.08. The van der Waals surface area contributed by atoms with E-state index in [0.717, 1.165) is 11.3 Å². The number of β-amino-alcohol motifs (C(OH)–C–C–N with tert-alkyl or cyclic N) is 1. The zero-order valence-corrected chi connectivity index (χ0v) is 11.9. The molecule has 6 nitrogen and oxygen atoms in total. The molecule has 0 radical (unpaired) electrons. The van der Waals surface area contributed by atoms with Crippen LogP contribution in [0.4, 0.5) is 0 Å². The van der Waals surface area contributed by atoms with Crippen molar-refractivity contribution in [2.24, 2.45) is 0 Å². The zero-order chi connectivity index (χ0) is 15.4. The van der Waals surface area contributed by atoms with Crippen molar-refractivity contribution in [3.05, 3.63) is 29.8 Å². The third-order valence-electron chi connectivity index (χ3n) is 3.58. The third kappa shape index (κ3) is 3.72. The number of amides is 1. The quantitative estimate of drug-likeness (QED) is 0.833. The maximum Gasteiger partial charge on any atom is 0.326 e. The number of likely N-dealkylation sites (tertiary alicyclic amines) is 1. The SMILES string of the molecule is CCc1ccc(OCC(=O)N2C[C@@H](O)C[C@H]2C(=O)O)cc1. The van der Waals surface area contributed by atoms with Crippen LogP contribution in [0.15, 0.2) is 24.3 Å². The average Bonchev–Trinajstić information content (AvgIpc) is 2.87. The van der Waals surface area contributed by atoms with Crippen LogP contribution >= 0.6 is 0 Å². The Morgan fingerprint density at radius 1 is 1.33 bits per heavy atom. The molecule has 1 saturated heterocycles. The molecule has 2 rings (SSSR count). The van der Waals surface area contributed by atoms with Crippen molar-refractivity contribution in [2.45, 2.75) is 31.9 Å². The summed E-state index contributed by atoms with van der Waals surface area (Å²) in [6, 6.07) is 6.41. The Labute approximate surface area is 122 Å². The molecule has 2 N–H and O–H groups in total. The lowest BCUT2D eigenvalue weighted by Crippen LogP contribution is -2.42. The Balaban J connectivity index is 1.92. The number of benzene rings is 1. The van der Waals surface area contributed by atoms with Gasteiger partial charge in [-0.25, -0.2) is 4.79 Å².